The van der Waals surface area contributed by atoms with E-state index in [2.05, 4.69) is 15.6 Å². The topological polar surface area (TPSA) is 59.0 Å². The van der Waals surface area contributed by atoms with Crippen molar-refractivity contribution in [2.45, 2.75) is 20.4 Å². The van der Waals surface area contributed by atoms with E-state index in [1.165, 1.54) is 0 Å². The van der Waals surface area contributed by atoms with E-state index in [0.29, 0.717) is 11.5 Å². The van der Waals surface area contributed by atoms with Crippen LogP contribution in [0.15, 0.2) is 48.5 Å². The molecular formula is C19H24N4O. The monoisotopic (exact) mass is 324 g/mol. The highest BCUT2D eigenvalue weighted by molar-refractivity contribution is 6.04. The number of fused-ring (bicyclic) bond motifs is 1. The van der Waals surface area contributed by atoms with Crippen molar-refractivity contribution >= 4 is 22.9 Å². The summed E-state index contributed by atoms with van der Waals surface area (Å²) in [6.07, 6.45) is 0. The first-order valence-corrected chi connectivity index (χ1v) is 8.02. The maximum absolute atomic E-state index is 12.3. The van der Waals surface area contributed by atoms with E-state index in [4.69, 9.17) is 0 Å². The number of amides is 1. The minimum absolute atomic E-state index is 0.139. The maximum atomic E-state index is 12.3. The number of nitrogens with one attached hydrogen (secondary N) is 2. The van der Waals surface area contributed by atoms with Crippen molar-refractivity contribution in [3.8, 4) is 0 Å². The number of benzene rings is 2. The number of hydrogen-bond donors (Lipinski definition) is 2. The fourth-order valence-electron chi connectivity index (χ4n) is 2.37. The minimum atomic E-state index is -0.139. The molecule has 0 radical (unpaired) electrons. The quantitative estimate of drug-likeness (QED) is 0.776. The third-order valence-electron chi connectivity index (χ3n) is 3.51. The summed E-state index contributed by atoms with van der Waals surface area (Å²) < 4.78 is 2.00. The molecule has 0 saturated heterocycles. The van der Waals surface area contributed by atoms with Gasteiger partial charge in [-0.05, 0) is 52.2 Å². The average molecular weight is 324 g/mol. The summed E-state index contributed by atoms with van der Waals surface area (Å²) in [5.74, 6) is 0.448. The van der Waals surface area contributed by atoms with Crippen LogP contribution in [0, 0.1) is 6.92 Å². The van der Waals surface area contributed by atoms with Gasteiger partial charge in [0.15, 0.2) is 0 Å². The highest BCUT2D eigenvalue weighted by Gasteiger charge is 2.13. The molecule has 0 aliphatic carbocycles. The Balaban J connectivity index is 0.000000647. The summed E-state index contributed by atoms with van der Waals surface area (Å²) >= 11 is 0. The number of aromatic nitrogens is 2. The van der Waals surface area contributed by atoms with Crippen LogP contribution in [-0.4, -0.2) is 29.6 Å². The lowest BCUT2D eigenvalue weighted by Crippen LogP contribution is -2.15. The molecule has 2 N–H and O–H groups in total. The van der Waals surface area contributed by atoms with Gasteiger partial charge in [0.1, 0.15) is 0 Å². The van der Waals surface area contributed by atoms with Gasteiger partial charge in [0.05, 0.1) is 11.0 Å². The molecule has 126 valence electrons. The van der Waals surface area contributed by atoms with Crippen LogP contribution in [0.5, 0.6) is 0 Å². The van der Waals surface area contributed by atoms with Gasteiger partial charge in [0, 0.05) is 12.1 Å². The normalized spacial score (nSPS) is 10.2. The van der Waals surface area contributed by atoms with E-state index in [9.17, 15) is 4.79 Å². The first kappa shape index (κ1) is 17.7. The molecular weight excluding hydrogens is 300 g/mol. The molecule has 3 rings (SSSR count). The molecule has 3 aromatic rings. The molecule has 0 saturated carbocycles. The van der Waals surface area contributed by atoms with Gasteiger partial charge in [-0.25, -0.2) is 4.98 Å². The van der Waals surface area contributed by atoms with Crippen molar-refractivity contribution in [3.05, 3.63) is 59.7 Å². The second kappa shape index (κ2) is 8.26. The van der Waals surface area contributed by atoms with Gasteiger partial charge >= 0.3 is 0 Å². The predicted octanol–water partition coefficient (Wildman–Crippen LogP) is 3.45. The van der Waals surface area contributed by atoms with Crippen molar-refractivity contribution in [1.29, 1.82) is 0 Å². The first-order chi connectivity index (χ1) is 11.6. The van der Waals surface area contributed by atoms with E-state index in [-0.39, 0.29) is 5.91 Å². The Morgan fingerprint density at radius 1 is 1.08 bits per heavy atom. The van der Waals surface area contributed by atoms with Gasteiger partial charge in [-0.3, -0.25) is 10.1 Å². The summed E-state index contributed by atoms with van der Waals surface area (Å²) in [5, 5.41) is 5.65. The third kappa shape index (κ3) is 4.00. The van der Waals surface area contributed by atoms with Crippen LogP contribution in [-0.2, 0) is 6.54 Å². The lowest BCUT2D eigenvalue weighted by Gasteiger charge is -2.07. The molecule has 5 nitrogen and oxygen atoms in total. The smallest absolute Gasteiger partial charge is 0.257 e. The van der Waals surface area contributed by atoms with Gasteiger partial charge in [-0.15, -0.1) is 0 Å². The molecule has 0 aliphatic heterocycles. The van der Waals surface area contributed by atoms with Gasteiger partial charge < -0.3 is 9.88 Å². The van der Waals surface area contributed by atoms with Crippen molar-refractivity contribution in [3.63, 3.8) is 0 Å². The van der Waals surface area contributed by atoms with Crippen LogP contribution < -0.4 is 10.6 Å². The molecule has 1 aromatic heterocycles. The number of carbonyl (C=O) groups excluding carboxylic acids is 1. The highest BCUT2D eigenvalue weighted by Crippen LogP contribution is 2.19. The first-order valence-electron chi connectivity index (χ1n) is 8.02. The van der Waals surface area contributed by atoms with E-state index < -0.39 is 0 Å². The molecule has 2 aromatic carbocycles. The summed E-state index contributed by atoms with van der Waals surface area (Å²) in [7, 11) is 3.75. The summed E-state index contributed by atoms with van der Waals surface area (Å²) in [6, 6.07) is 15.4. The number of anilines is 1. The predicted molar refractivity (Wildman–Crippen MR) is 99.5 cm³/mol. The van der Waals surface area contributed by atoms with Crippen molar-refractivity contribution in [1.82, 2.24) is 14.9 Å². The summed E-state index contributed by atoms with van der Waals surface area (Å²) in [4.78, 5) is 16.8. The van der Waals surface area contributed by atoms with E-state index in [0.717, 1.165) is 23.1 Å². The Kier molecular flexibility index (Phi) is 6.09. The van der Waals surface area contributed by atoms with Crippen molar-refractivity contribution < 1.29 is 4.79 Å². The lowest BCUT2D eigenvalue weighted by molar-refractivity contribution is 0.102. The number of rotatable bonds is 3. The molecule has 1 amide bonds. The Morgan fingerprint density at radius 3 is 2.33 bits per heavy atom. The van der Waals surface area contributed by atoms with Crippen LogP contribution in [0.25, 0.3) is 11.0 Å². The number of nitrogens with zero attached hydrogens (tertiary/aromatic N) is 2. The molecule has 0 aliphatic rings. The molecule has 0 fully saturated rings. The van der Waals surface area contributed by atoms with Crippen molar-refractivity contribution in [2.24, 2.45) is 0 Å². The van der Waals surface area contributed by atoms with Crippen LogP contribution in [0.4, 0.5) is 5.95 Å². The SMILES string of the molecule is CCn1c(NC(=O)c2ccc(C)cc2)nc2ccccc21.CNC. The molecule has 24 heavy (non-hydrogen) atoms. The Labute approximate surface area is 142 Å². The Bertz CT molecular complexity index is 806. The van der Waals surface area contributed by atoms with Gasteiger partial charge in [0.2, 0.25) is 5.95 Å². The van der Waals surface area contributed by atoms with Crippen LogP contribution in [0.3, 0.4) is 0 Å². The second-order valence-electron chi connectivity index (χ2n) is 5.49. The fraction of sp³-hybridized carbons (Fsp3) is 0.263. The van der Waals surface area contributed by atoms with Crippen LogP contribution in [0.1, 0.15) is 22.8 Å². The number of aryl methyl sites for hydroxylation is 2. The van der Waals surface area contributed by atoms with Gasteiger partial charge in [0.25, 0.3) is 5.91 Å². The maximum Gasteiger partial charge on any atom is 0.257 e. The van der Waals surface area contributed by atoms with E-state index in [1.54, 1.807) is 0 Å². The van der Waals surface area contributed by atoms with Crippen LogP contribution in [0.2, 0.25) is 0 Å². The van der Waals surface area contributed by atoms with Gasteiger partial charge in [-0.1, -0.05) is 29.8 Å². The standard InChI is InChI=1S/C17H17N3O.C2H7N/c1-3-20-15-7-5-4-6-14(15)18-17(20)19-16(21)13-10-8-12(2)9-11-13;1-3-2/h4-11H,3H2,1-2H3,(H,18,19,21);3H,1-2H3. The number of para-hydroxylation sites is 2. The lowest BCUT2D eigenvalue weighted by atomic mass is 10.1. The zero-order valence-electron chi connectivity index (χ0n) is 14.6. The largest absolute Gasteiger partial charge is 0.323 e. The van der Waals surface area contributed by atoms with Gasteiger partial charge in [-0.2, -0.15) is 0 Å². The van der Waals surface area contributed by atoms with E-state index >= 15 is 0 Å². The zero-order valence-corrected chi connectivity index (χ0v) is 14.6. The molecule has 0 atom stereocenters. The molecule has 0 bridgehead atoms. The fourth-order valence-corrected chi connectivity index (χ4v) is 2.37. The van der Waals surface area contributed by atoms with Crippen LogP contribution >= 0.6 is 0 Å². The average Bonchev–Trinajstić information content (AvgIpc) is 2.93. The number of imidazole rings is 1. The molecule has 1 heterocycles. The molecule has 0 unspecified atom stereocenters. The zero-order chi connectivity index (χ0) is 17.5. The minimum Gasteiger partial charge on any atom is -0.323 e. The number of hydrogen-bond acceptors (Lipinski definition) is 3. The number of carbonyl (C=O) groups is 1. The highest BCUT2D eigenvalue weighted by atomic mass is 16.1. The van der Waals surface area contributed by atoms with E-state index in [1.807, 2.05) is 81.0 Å². The molecule has 0 spiro atoms. The summed E-state index contributed by atoms with van der Waals surface area (Å²) in [5.41, 5.74) is 3.68. The molecule has 5 heteroatoms. The third-order valence-corrected chi connectivity index (χ3v) is 3.51. The van der Waals surface area contributed by atoms with Crippen molar-refractivity contribution in [2.75, 3.05) is 19.4 Å². The Morgan fingerprint density at radius 2 is 1.71 bits per heavy atom. The second-order valence-corrected chi connectivity index (χ2v) is 5.49. The summed E-state index contributed by atoms with van der Waals surface area (Å²) in [6.45, 7) is 4.79. The Hall–Kier alpha value is -2.66.